The van der Waals surface area contributed by atoms with Crippen molar-refractivity contribution in [2.75, 3.05) is 0 Å². The number of aryl methyl sites for hydroxylation is 2. The fraction of sp³-hybridized carbons (Fsp3) is 0.200. The number of carbonyl (C=O) groups is 1. The maximum atomic E-state index is 11.8. The minimum absolute atomic E-state index is 0.0253. The first-order chi connectivity index (χ1) is 8.69. The SMILES string of the molecule is CCc1ccc(/C=C/C(=O)c2cnn(C)c2)cc1. The van der Waals surface area contributed by atoms with Crippen molar-refractivity contribution in [2.24, 2.45) is 7.05 Å². The number of allylic oxidation sites excluding steroid dienone is 1. The Morgan fingerprint density at radius 2 is 2.06 bits per heavy atom. The zero-order chi connectivity index (χ0) is 13.0. The van der Waals surface area contributed by atoms with E-state index in [9.17, 15) is 4.79 Å². The molecule has 3 heteroatoms. The minimum atomic E-state index is -0.0253. The molecule has 0 fully saturated rings. The number of nitrogens with zero attached hydrogens (tertiary/aromatic N) is 2. The Kier molecular flexibility index (Phi) is 3.72. The number of hydrogen-bond donors (Lipinski definition) is 0. The lowest BCUT2D eigenvalue weighted by Gasteiger charge is -1.96. The number of rotatable bonds is 4. The van der Waals surface area contributed by atoms with Gasteiger partial charge < -0.3 is 0 Å². The van der Waals surface area contributed by atoms with Gasteiger partial charge in [0.25, 0.3) is 0 Å². The van der Waals surface area contributed by atoms with Gasteiger partial charge in [-0.2, -0.15) is 5.10 Å². The molecule has 2 rings (SSSR count). The molecule has 0 aliphatic rings. The summed E-state index contributed by atoms with van der Waals surface area (Å²) in [6, 6.07) is 8.19. The van der Waals surface area contributed by atoms with Crippen molar-refractivity contribution >= 4 is 11.9 Å². The lowest BCUT2D eigenvalue weighted by atomic mass is 10.1. The first-order valence-electron chi connectivity index (χ1n) is 5.99. The van der Waals surface area contributed by atoms with Crippen LogP contribution >= 0.6 is 0 Å². The second-order valence-corrected chi connectivity index (χ2v) is 4.20. The smallest absolute Gasteiger partial charge is 0.189 e. The molecule has 0 aliphatic heterocycles. The maximum absolute atomic E-state index is 11.8. The number of carbonyl (C=O) groups excluding carboxylic acids is 1. The van der Waals surface area contributed by atoms with Crippen LogP contribution in [-0.4, -0.2) is 15.6 Å². The number of ketones is 1. The third kappa shape index (κ3) is 2.94. The fourth-order valence-electron chi connectivity index (χ4n) is 1.68. The molecule has 0 unspecified atom stereocenters. The third-order valence-corrected chi connectivity index (χ3v) is 2.80. The summed E-state index contributed by atoms with van der Waals surface area (Å²) in [6.45, 7) is 2.12. The number of benzene rings is 1. The van der Waals surface area contributed by atoms with E-state index >= 15 is 0 Å². The average molecular weight is 240 g/mol. The summed E-state index contributed by atoms with van der Waals surface area (Å²) < 4.78 is 1.62. The lowest BCUT2D eigenvalue weighted by molar-refractivity contribution is 0.104. The Hall–Kier alpha value is -2.16. The second kappa shape index (κ2) is 5.45. The standard InChI is InChI=1S/C15H16N2O/c1-3-12-4-6-13(7-5-12)8-9-15(18)14-10-16-17(2)11-14/h4-11H,3H2,1-2H3/b9-8+. The van der Waals surface area contributed by atoms with E-state index in [0.29, 0.717) is 5.56 Å². The van der Waals surface area contributed by atoms with E-state index in [2.05, 4.69) is 24.2 Å². The molecule has 1 aromatic carbocycles. The van der Waals surface area contributed by atoms with Crippen molar-refractivity contribution < 1.29 is 4.79 Å². The summed E-state index contributed by atoms with van der Waals surface area (Å²) in [5.74, 6) is -0.0253. The van der Waals surface area contributed by atoms with Crippen LogP contribution in [0.5, 0.6) is 0 Å². The van der Waals surface area contributed by atoms with Gasteiger partial charge in [-0.1, -0.05) is 37.3 Å². The molecule has 1 aromatic heterocycles. The van der Waals surface area contributed by atoms with E-state index in [4.69, 9.17) is 0 Å². The van der Waals surface area contributed by atoms with Gasteiger partial charge in [0.2, 0.25) is 0 Å². The second-order valence-electron chi connectivity index (χ2n) is 4.20. The molecule has 3 nitrogen and oxygen atoms in total. The van der Waals surface area contributed by atoms with Crippen LogP contribution in [0.2, 0.25) is 0 Å². The van der Waals surface area contributed by atoms with E-state index in [0.717, 1.165) is 12.0 Å². The lowest BCUT2D eigenvalue weighted by Crippen LogP contribution is -1.91. The first-order valence-corrected chi connectivity index (χ1v) is 5.99. The molecule has 0 spiro atoms. The third-order valence-electron chi connectivity index (χ3n) is 2.80. The highest BCUT2D eigenvalue weighted by Crippen LogP contribution is 2.08. The van der Waals surface area contributed by atoms with Crippen molar-refractivity contribution in [3.8, 4) is 0 Å². The molecular weight excluding hydrogens is 224 g/mol. The van der Waals surface area contributed by atoms with Crippen molar-refractivity contribution in [1.29, 1.82) is 0 Å². The van der Waals surface area contributed by atoms with Crippen LogP contribution in [0.4, 0.5) is 0 Å². The van der Waals surface area contributed by atoms with Crippen LogP contribution in [0.1, 0.15) is 28.4 Å². The van der Waals surface area contributed by atoms with Crippen LogP contribution < -0.4 is 0 Å². The van der Waals surface area contributed by atoms with Crippen molar-refractivity contribution in [1.82, 2.24) is 9.78 Å². The molecule has 0 saturated carbocycles. The summed E-state index contributed by atoms with van der Waals surface area (Å²) >= 11 is 0. The molecule has 0 bridgehead atoms. The molecule has 2 aromatic rings. The van der Waals surface area contributed by atoms with Crippen molar-refractivity contribution in [2.45, 2.75) is 13.3 Å². The van der Waals surface area contributed by atoms with E-state index < -0.39 is 0 Å². The van der Waals surface area contributed by atoms with Gasteiger partial charge in [0, 0.05) is 13.2 Å². The Balaban J connectivity index is 2.08. The average Bonchev–Trinajstić information content (AvgIpc) is 2.83. The van der Waals surface area contributed by atoms with E-state index in [-0.39, 0.29) is 5.78 Å². The van der Waals surface area contributed by atoms with Crippen LogP contribution in [0.3, 0.4) is 0 Å². The summed E-state index contributed by atoms with van der Waals surface area (Å²) in [5.41, 5.74) is 2.94. The van der Waals surface area contributed by atoms with Crippen LogP contribution in [0.25, 0.3) is 6.08 Å². The molecule has 0 N–H and O–H groups in total. The zero-order valence-corrected chi connectivity index (χ0v) is 10.6. The summed E-state index contributed by atoms with van der Waals surface area (Å²) in [6.07, 6.45) is 7.73. The highest BCUT2D eigenvalue weighted by atomic mass is 16.1. The molecular formula is C15H16N2O. The molecule has 92 valence electrons. The minimum Gasteiger partial charge on any atom is -0.289 e. The Bertz CT molecular complexity index is 564. The molecule has 0 saturated heterocycles. The van der Waals surface area contributed by atoms with Crippen molar-refractivity contribution in [3.63, 3.8) is 0 Å². The highest BCUT2D eigenvalue weighted by molar-refractivity contribution is 6.06. The van der Waals surface area contributed by atoms with Crippen LogP contribution in [0, 0.1) is 0 Å². The first kappa shape index (κ1) is 12.3. The quantitative estimate of drug-likeness (QED) is 0.608. The zero-order valence-electron chi connectivity index (χ0n) is 10.6. The Labute approximate surface area is 107 Å². The molecule has 18 heavy (non-hydrogen) atoms. The van der Waals surface area contributed by atoms with Crippen LogP contribution in [0.15, 0.2) is 42.7 Å². The topological polar surface area (TPSA) is 34.9 Å². The fourth-order valence-corrected chi connectivity index (χ4v) is 1.68. The van der Waals surface area contributed by atoms with Gasteiger partial charge in [0.05, 0.1) is 11.8 Å². The van der Waals surface area contributed by atoms with Gasteiger partial charge in [-0.05, 0) is 23.6 Å². The van der Waals surface area contributed by atoms with E-state index in [1.165, 1.54) is 5.56 Å². The van der Waals surface area contributed by atoms with Gasteiger partial charge in [0.15, 0.2) is 5.78 Å². The predicted molar refractivity (Wildman–Crippen MR) is 72.4 cm³/mol. The molecule has 0 amide bonds. The molecule has 0 radical (unpaired) electrons. The Morgan fingerprint density at radius 1 is 1.33 bits per heavy atom. The predicted octanol–water partition coefficient (Wildman–Crippen LogP) is 2.88. The van der Waals surface area contributed by atoms with E-state index in [1.54, 1.807) is 30.2 Å². The van der Waals surface area contributed by atoms with Crippen LogP contribution in [-0.2, 0) is 13.5 Å². The summed E-state index contributed by atoms with van der Waals surface area (Å²) in [4.78, 5) is 11.8. The van der Waals surface area contributed by atoms with Gasteiger partial charge in [-0.3, -0.25) is 9.48 Å². The van der Waals surface area contributed by atoms with Gasteiger partial charge in [0.1, 0.15) is 0 Å². The highest BCUT2D eigenvalue weighted by Gasteiger charge is 2.03. The summed E-state index contributed by atoms with van der Waals surface area (Å²) in [5, 5.41) is 3.98. The normalized spacial score (nSPS) is 11.0. The van der Waals surface area contributed by atoms with Gasteiger partial charge >= 0.3 is 0 Å². The number of aromatic nitrogens is 2. The number of hydrogen-bond acceptors (Lipinski definition) is 2. The molecule has 0 atom stereocenters. The van der Waals surface area contributed by atoms with Crippen molar-refractivity contribution in [3.05, 3.63) is 59.4 Å². The largest absolute Gasteiger partial charge is 0.289 e. The maximum Gasteiger partial charge on any atom is 0.189 e. The summed E-state index contributed by atoms with van der Waals surface area (Å²) in [7, 11) is 1.80. The van der Waals surface area contributed by atoms with Gasteiger partial charge in [-0.15, -0.1) is 0 Å². The molecule has 0 aliphatic carbocycles. The molecule has 1 heterocycles. The Morgan fingerprint density at radius 3 is 2.61 bits per heavy atom. The van der Waals surface area contributed by atoms with E-state index in [1.807, 2.05) is 18.2 Å². The monoisotopic (exact) mass is 240 g/mol. The van der Waals surface area contributed by atoms with Gasteiger partial charge in [-0.25, -0.2) is 0 Å².